The molecule has 2 rings (SSSR count). The standard InChI is InChI=1S/C13H9ClFNO/c1-8-5-9(7-16-6-8)13(17)12-10(14)3-2-4-11(12)15/h2-7H,1H3. The lowest BCUT2D eigenvalue weighted by molar-refractivity contribution is 0.103. The first-order valence-corrected chi connectivity index (χ1v) is 5.38. The summed E-state index contributed by atoms with van der Waals surface area (Å²) in [5, 5.41) is 0.108. The third kappa shape index (κ3) is 2.34. The average molecular weight is 250 g/mol. The van der Waals surface area contributed by atoms with E-state index in [-0.39, 0.29) is 10.6 Å². The number of carbonyl (C=O) groups is 1. The summed E-state index contributed by atoms with van der Waals surface area (Å²) < 4.78 is 13.6. The summed E-state index contributed by atoms with van der Waals surface area (Å²) in [4.78, 5) is 16.0. The van der Waals surface area contributed by atoms with Gasteiger partial charge in [0.15, 0.2) is 5.78 Å². The summed E-state index contributed by atoms with van der Waals surface area (Å²) >= 11 is 5.83. The number of aromatic nitrogens is 1. The van der Waals surface area contributed by atoms with E-state index in [1.807, 2.05) is 6.92 Å². The molecule has 0 bridgehead atoms. The number of nitrogens with zero attached hydrogens (tertiary/aromatic N) is 1. The summed E-state index contributed by atoms with van der Waals surface area (Å²) in [6, 6.07) is 5.81. The highest BCUT2D eigenvalue weighted by Gasteiger charge is 2.17. The number of pyridine rings is 1. The van der Waals surface area contributed by atoms with Gasteiger partial charge >= 0.3 is 0 Å². The van der Waals surface area contributed by atoms with E-state index < -0.39 is 11.6 Å². The van der Waals surface area contributed by atoms with Gasteiger partial charge in [0.1, 0.15) is 5.82 Å². The second kappa shape index (κ2) is 4.63. The molecule has 17 heavy (non-hydrogen) atoms. The third-order valence-electron chi connectivity index (χ3n) is 2.33. The molecular formula is C13H9ClFNO. The lowest BCUT2D eigenvalue weighted by Gasteiger charge is -2.05. The van der Waals surface area contributed by atoms with Gasteiger partial charge in [-0.3, -0.25) is 9.78 Å². The highest BCUT2D eigenvalue weighted by atomic mass is 35.5. The van der Waals surface area contributed by atoms with Crippen molar-refractivity contribution in [3.8, 4) is 0 Å². The molecule has 1 heterocycles. The first-order valence-electron chi connectivity index (χ1n) is 5.00. The van der Waals surface area contributed by atoms with Gasteiger partial charge in [-0.15, -0.1) is 0 Å². The second-order valence-electron chi connectivity index (χ2n) is 3.68. The predicted molar refractivity (Wildman–Crippen MR) is 63.8 cm³/mol. The number of aryl methyl sites for hydroxylation is 1. The highest BCUT2D eigenvalue weighted by Crippen LogP contribution is 2.22. The quantitative estimate of drug-likeness (QED) is 0.764. The van der Waals surface area contributed by atoms with Gasteiger partial charge in [0.05, 0.1) is 10.6 Å². The monoisotopic (exact) mass is 249 g/mol. The number of halogens is 2. The molecule has 1 aromatic heterocycles. The number of benzene rings is 1. The van der Waals surface area contributed by atoms with Crippen LogP contribution >= 0.6 is 11.6 Å². The molecule has 1 aromatic carbocycles. The number of hydrogen-bond acceptors (Lipinski definition) is 2. The first kappa shape index (κ1) is 11.7. The Morgan fingerprint density at radius 2 is 2.12 bits per heavy atom. The van der Waals surface area contributed by atoms with E-state index in [1.165, 1.54) is 24.4 Å². The number of carbonyl (C=O) groups excluding carboxylic acids is 1. The molecule has 2 aromatic rings. The van der Waals surface area contributed by atoms with E-state index in [4.69, 9.17) is 11.6 Å². The molecule has 0 radical (unpaired) electrons. The second-order valence-corrected chi connectivity index (χ2v) is 4.08. The molecule has 0 N–H and O–H groups in total. The largest absolute Gasteiger partial charge is 0.288 e. The molecule has 0 saturated carbocycles. The summed E-state index contributed by atoms with van der Waals surface area (Å²) in [7, 11) is 0. The molecule has 0 aliphatic heterocycles. The molecule has 0 amide bonds. The normalized spacial score (nSPS) is 10.3. The van der Waals surface area contributed by atoms with Crippen molar-refractivity contribution in [2.45, 2.75) is 6.92 Å². The van der Waals surface area contributed by atoms with Crippen LogP contribution in [0.4, 0.5) is 4.39 Å². The zero-order valence-electron chi connectivity index (χ0n) is 9.08. The van der Waals surface area contributed by atoms with Crippen LogP contribution in [0.2, 0.25) is 5.02 Å². The van der Waals surface area contributed by atoms with E-state index in [2.05, 4.69) is 4.98 Å². The van der Waals surface area contributed by atoms with Gasteiger partial charge in [0.2, 0.25) is 0 Å². The summed E-state index contributed by atoms with van der Waals surface area (Å²) in [5.74, 6) is -1.08. The van der Waals surface area contributed by atoms with Gasteiger partial charge < -0.3 is 0 Å². The van der Waals surface area contributed by atoms with Gasteiger partial charge in [-0.1, -0.05) is 17.7 Å². The van der Waals surface area contributed by atoms with Crippen molar-refractivity contribution in [3.63, 3.8) is 0 Å². The number of rotatable bonds is 2. The maximum absolute atomic E-state index is 13.6. The Hall–Kier alpha value is -1.74. The molecule has 2 nitrogen and oxygen atoms in total. The van der Waals surface area contributed by atoms with Crippen molar-refractivity contribution in [3.05, 3.63) is 64.2 Å². The van der Waals surface area contributed by atoms with E-state index in [1.54, 1.807) is 12.3 Å². The third-order valence-corrected chi connectivity index (χ3v) is 2.64. The van der Waals surface area contributed by atoms with Crippen LogP contribution in [0, 0.1) is 12.7 Å². The molecule has 0 spiro atoms. The van der Waals surface area contributed by atoms with Gasteiger partial charge in [-0.25, -0.2) is 4.39 Å². The molecule has 0 atom stereocenters. The molecule has 0 aliphatic rings. The Bertz CT molecular complexity index is 563. The molecule has 0 fully saturated rings. The molecule has 0 saturated heterocycles. The summed E-state index contributed by atoms with van der Waals surface area (Å²) in [6.07, 6.45) is 3.03. The van der Waals surface area contributed by atoms with Gasteiger partial charge in [0.25, 0.3) is 0 Å². The molecular weight excluding hydrogens is 241 g/mol. The van der Waals surface area contributed by atoms with Crippen molar-refractivity contribution >= 4 is 17.4 Å². The topological polar surface area (TPSA) is 30.0 Å². The van der Waals surface area contributed by atoms with Crippen LogP contribution in [-0.4, -0.2) is 10.8 Å². The maximum atomic E-state index is 13.6. The van der Waals surface area contributed by atoms with Crippen molar-refractivity contribution in [1.82, 2.24) is 4.98 Å². The minimum atomic E-state index is -0.621. The van der Waals surface area contributed by atoms with Crippen LogP contribution in [-0.2, 0) is 0 Å². The fourth-order valence-corrected chi connectivity index (χ4v) is 1.79. The lowest BCUT2D eigenvalue weighted by Crippen LogP contribution is -2.06. The van der Waals surface area contributed by atoms with Crippen LogP contribution in [0.5, 0.6) is 0 Å². The summed E-state index contributed by atoms with van der Waals surface area (Å²) in [6.45, 7) is 1.81. The minimum Gasteiger partial charge on any atom is -0.288 e. The fraction of sp³-hybridized carbons (Fsp3) is 0.0769. The van der Waals surface area contributed by atoms with Crippen LogP contribution in [0.25, 0.3) is 0 Å². The average Bonchev–Trinajstić information content (AvgIpc) is 2.28. The molecule has 86 valence electrons. The van der Waals surface area contributed by atoms with Gasteiger partial charge in [-0.2, -0.15) is 0 Å². The fourth-order valence-electron chi connectivity index (χ4n) is 1.54. The Kier molecular flexibility index (Phi) is 3.20. The zero-order valence-corrected chi connectivity index (χ0v) is 9.83. The predicted octanol–water partition coefficient (Wildman–Crippen LogP) is 3.41. The van der Waals surface area contributed by atoms with E-state index in [9.17, 15) is 9.18 Å². The first-order chi connectivity index (χ1) is 8.09. The summed E-state index contributed by atoms with van der Waals surface area (Å²) in [5.41, 5.74) is 1.06. The van der Waals surface area contributed by atoms with Gasteiger partial charge in [-0.05, 0) is 30.7 Å². The van der Waals surface area contributed by atoms with Crippen molar-refractivity contribution < 1.29 is 9.18 Å². The maximum Gasteiger partial charge on any atom is 0.199 e. The Labute approximate surface area is 103 Å². The highest BCUT2D eigenvalue weighted by molar-refractivity contribution is 6.35. The van der Waals surface area contributed by atoms with E-state index >= 15 is 0 Å². The lowest BCUT2D eigenvalue weighted by atomic mass is 10.0. The van der Waals surface area contributed by atoms with Crippen LogP contribution in [0.1, 0.15) is 21.5 Å². The van der Waals surface area contributed by atoms with E-state index in [0.717, 1.165) is 5.56 Å². The Balaban J connectivity index is 2.51. The van der Waals surface area contributed by atoms with Crippen LogP contribution < -0.4 is 0 Å². The number of ketones is 1. The molecule has 0 aliphatic carbocycles. The Morgan fingerprint density at radius 1 is 1.35 bits per heavy atom. The van der Waals surface area contributed by atoms with E-state index in [0.29, 0.717) is 5.56 Å². The SMILES string of the molecule is Cc1cncc(C(=O)c2c(F)cccc2Cl)c1. The van der Waals surface area contributed by atoms with Crippen molar-refractivity contribution in [1.29, 1.82) is 0 Å². The van der Waals surface area contributed by atoms with Crippen molar-refractivity contribution in [2.24, 2.45) is 0 Å². The Morgan fingerprint density at radius 3 is 2.76 bits per heavy atom. The molecule has 0 unspecified atom stereocenters. The number of hydrogen-bond donors (Lipinski definition) is 0. The zero-order chi connectivity index (χ0) is 12.4. The van der Waals surface area contributed by atoms with Crippen molar-refractivity contribution in [2.75, 3.05) is 0 Å². The minimum absolute atomic E-state index is 0.108. The van der Waals surface area contributed by atoms with Crippen LogP contribution in [0.15, 0.2) is 36.7 Å². The molecule has 4 heteroatoms. The van der Waals surface area contributed by atoms with Crippen LogP contribution in [0.3, 0.4) is 0 Å². The smallest absolute Gasteiger partial charge is 0.199 e. The van der Waals surface area contributed by atoms with Gasteiger partial charge in [0, 0.05) is 18.0 Å².